The van der Waals surface area contributed by atoms with Crippen molar-refractivity contribution in [2.24, 2.45) is 0 Å². The summed E-state index contributed by atoms with van der Waals surface area (Å²) in [5.74, 6) is -0.192. The standard InChI is InChI=1S/C13H14O3S/c1-7-6-11(14)10-5-4-9(13(15)16-3)8(2)12(10)17-7/h4-5,7H,6H2,1-3H3. The number of esters is 1. The fraction of sp³-hybridized carbons (Fsp3) is 0.385. The number of rotatable bonds is 1. The fourth-order valence-corrected chi connectivity index (χ4v) is 3.24. The molecular formula is C13H14O3S. The number of benzene rings is 1. The van der Waals surface area contributed by atoms with Gasteiger partial charge < -0.3 is 4.74 Å². The lowest BCUT2D eigenvalue weighted by molar-refractivity contribution is 0.0599. The maximum absolute atomic E-state index is 11.9. The van der Waals surface area contributed by atoms with E-state index >= 15 is 0 Å². The highest BCUT2D eigenvalue weighted by Gasteiger charge is 2.26. The smallest absolute Gasteiger partial charge is 0.338 e. The molecule has 2 rings (SSSR count). The first kappa shape index (κ1) is 12.2. The molecule has 1 aliphatic heterocycles. The van der Waals surface area contributed by atoms with Crippen LogP contribution in [0.5, 0.6) is 0 Å². The first-order chi connectivity index (χ1) is 8.04. The first-order valence-corrected chi connectivity index (χ1v) is 6.34. The van der Waals surface area contributed by atoms with E-state index in [1.54, 1.807) is 23.9 Å². The minimum atomic E-state index is -0.350. The highest BCUT2D eigenvalue weighted by molar-refractivity contribution is 8.00. The Labute approximate surface area is 105 Å². The van der Waals surface area contributed by atoms with Crippen LogP contribution in [-0.2, 0) is 4.74 Å². The van der Waals surface area contributed by atoms with Crippen LogP contribution in [-0.4, -0.2) is 24.1 Å². The highest BCUT2D eigenvalue weighted by Crippen LogP contribution is 2.38. The number of hydrogen-bond donors (Lipinski definition) is 0. The van der Waals surface area contributed by atoms with Crippen LogP contribution in [0.1, 0.15) is 39.6 Å². The molecule has 0 amide bonds. The van der Waals surface area contributed by atoms with Crippen molar-refractivity contribution in [1.29, 1.82) is 0 Å². The van der Waals surface area contributed by atoms with E-state index in [0.717, 1.165) is 16.0 Å². The maximum Gasteiger partial charge on any atom is 0.338 e. The van der Waals surface area contributed by atoms with Crippen LogP contribution in [0.4, 0.5) is 0 Å². The van der Waals surface area contributed by atoms with Crippen molar-refractivity contribution in [2.45, 2.75) is 30.4 Å². The molecule has 0 fully saturated rings. The van der Waals surface area contributed by atoms with E-state index in [2.05, 4.69) is 0 Å². The predicted octanol–water partition coefficient (Wildman–Crippen LogP) is 2.85. The van der Waals surface area contributed by atoms with Gasteiger partial charge in [0.2, 0.25) is 0 Å². The molecule has 1 unspecified atom stereocenters. The van der Waals surface area contributed by atoms with Gasteiger partial charge in [-0.3, -0.25) is 4.79 Å². The van der Waals surface area contributed by atoms with E-state index in [4.69, 9.17) is 4.74 Å². The molecular weight excluding hydrogens is 236 g/mol. The molecule has 0 saturated carbocycles. The minimum absolute atomic E-state index is 0.158. The number of carbonyl (C=O) groups is 2. The highest BCUT2D eigenvalue weighted by atomic mass is 32.2. The first-order valence-electron chi connectivity index (χ1n) is 5.46. The zero-order valence-corrected chi connectivity index (χ0v) is 10.9. The van der Waals surface area contributed by atoms with E-state index in [9.17, 15) is 9.59 Å². The van der Waals surface area contributed by atoms with Gasteiger partial charge >= 0.3 is 5.97 Å². The Kier molecular flexibility index (Phi) is 3.24. The second-order valence-corrected chi connectivity index (χ2v) is 5.61. The predicted molar refractivity (Wildman–Crippen MR) is 66.8 cm³/mol. The Bertz CT molecular complexity index is 494. The lowest BCUT2D eigenvalue weighted by atomic mass is 9.99. The lowest BCUT2D eigenvalue weighted by Gasteiger charge is -2.22. The molecule has 1 atom stereocenters. The average molecular weight is 250 g/mol. The second kappa shape index (κ2) is 4.53. The molecule has 17 heavy (non-hydrogen) atoms. The summed E-state index contributed by atoms with van der Waals surface area (Å²) in [4.78, 5) is 24.4. The van der Waals surface area contributed by atoms with Crippen molar-refractivity contribution in [3.8, 4) is 0 Å². The van der Waals surface area contributed by atoms with E-state index in [1.165, 1.54) is 7.11 Å². The summed E-state index contributed by atoms with van der Waals surface area (Å²) >= 11 is 1.66. The normalized spacial score (nSPS) is 18.8. The van der Waals surface area contributed by atoms with Crippen LogP contribution < -0.4 is 0 Å². The van der Waals surface area contributed by atoms with Gasteiger partial charge in [0.25, 0.3) is 0 Å². The zero-order valence-electron chi connectivity index (χ0n) is 10.1. The third-order valence-electron chi connectivity index (χ3n) is 2.90. The van der Waals surface area contributed by atoms with Crippen molar-refractivity contribution in [2.75, 3.05) is 7.11 Å². The van der Waals surface area contributed by atoms with Crippen LogP contribution >= 0.6 is 11.8 Å². The van der Waals surface area contributed by atoms with E-state index < -0.39 is 0 Å². The molecule has 1 aromatic rings. The molecule has 0 aliphatic carbocycles. The molecule has 1 heterocycles. The molecule has 0 N–H and O–H groups in total. The molecule has 1 aliphatic rings. The molecule has 4 heteroatoms. The minimum Gasteiger partial charge on any atom is -0.465 e. The molecule has 0 aromatic heterocycles. The molecule has 0 radical (unpaired) electrons. The number of thioether (sulfide) groups is 1. The molecule has 1 aromatic carbocycles. The summed E-state index contributed by atoms with van der Waals surface area (Å²) in [5, 5.41) is 0.265. The van der Waals surface area contributed by atoms with Gasteiger partial charge in [0.15, 0.2) is 5.78 Å². The Morgan fingerprint density at radius 1 is 1.47 bits per heavy atom. The summed E-state index contributed by atoms with van der Waals surface area (Å²) in [7, 11) is 1.36. The van der Waals surface area contributed by atoms with Crippen LogP contribution in [0, 0.1) is 6.92 Å². The summed E-state index contributed by atoms with van der Waals surface area (Å²) in [6.45, 7) is 3.89. The van der Waals surface area contributed by atoms with Crippen molar-refractivity contribution < 1.29 is 14.3 Å². The van der Waals surface area contributed by atoms with Crippen molar-refractivity contribution >= 4 is 23.5 Å². The van der Waals surface area contributed by atoms with Gasteiger partial charge in [-0.15, -0.1) is 11.8 Å². The summed E-state index contributed by atoms with van der Waals surface area (Å²) in [5.41, 5.74) is 2.12. The maximum atomic E-state index is 11.9. The van der Waals surface area contributed by atoms with Gasteiger partial charge in [-0.1, -0.05) is 6.92 Å². The monoisotopic (exact) mass is 250 g/mol. The third kappa shape index (κ3) is 2.09. The molecule has 0 spiro atoms. The van der Waals surface area contributed by atoms with E-state index in [1.807, 2.05) is 13.8 Å². The SMILES string of the molecule is COC(=O)c1ccc2c(c1C)SC(C)CC2=O. The summed E-state index contributed by atoms with van der Waals surface area (Å²) < 4.78 is 4.73. The van der Waals surface area contributed by atoms with Crippen LogP contribution in [0.2, 0.25) is 0 Å². The molecule has 0 bridgehead atoms. The number of fused-ring (bicyclic) bond motifs is 1. The fourth-order valence-electron chi connectivity index (χ4n) is 2.01. The Morgan fingerprint density at radius 3 is 2.82 bits per heavy atom. The van der Waals surface area contributed by atoms with Crippen molar-refractivity contribution in [1.82, 2.24) is 0 Å². The van der Waals surface area contributed by atoms with Crippen LogP contribution in [0.25, 0.3) is 0 Å². The lowest BCUT2D eigenvalue weighted by Crippen LogP contribution is -2.17. The van der Waals surface area contributed by atoms with Crippen molar-refractivity contribution in [3.05, 3.63) is 28.8 Å². The van der Waals surface area contributed by atoms with Gasteiger partial charge in [-0.25, -0.2) is 4.79 Å². The number of ether oxygens (including phenoxy) is 1. The van der Waals surface area contributed by atoms with E-state index in [-0.39, 0.29) is 17.0 Å². The van der Waals surface area contributed by atoms with Gasteiger partial charge in [0.1, 0.15) is 0 Å². The van der Waals surface area contributed by atoms with Gasteiger partial charge in [-0.05, 0) is 24.6 Å². The van der Waals surface area contributed by atoms with Gasteiger partial charge in [0.05, 0.1) is 12.7 Å². The summed E-state index contributed by atoms with van der Waals surface area (Å²) in [6.07, 6.45) is 0.564. The molecule has 3 nitrogen and oxygen atoms in total. The number of Topliss-reactive ketones (excluding diaryl/α,β-unsaturated/α-hetero) is 1. The van der Waals surface area contributed by atoms with Crippen molar-refractivity contribution in [3.63, 3.8) is 0 Å². The van der Waals surface area contributed by atoms with Crippen LogP contribution in [0.3, 0.4) is 0 Å². The molecule has 0 saturated heterocycles. The largest absolute Gasteiger partial charge is 0.465 e. The number of ketones is 1. The zero-order chi connectivity index (χ0) is 12.6. The summed E-state index contributed by atoms with van der Waals surface area (Å²) in [6, 6.07) is 3.41. The Balaban J connectivity index is 2.55. The molecule has 90 valence electrons. The van der Waals surface area contributed by atoms with Crippen LogP contribution in [0.15, 0.2) is 17.0 Å². The number of methoxy groups -OCH3 is 1. The quantitative estimate of drug-likeness (QED) is 0.719. The number of hydrogen-bond acceptors (Lipinski definition) is 4. The topological polar surface area (TPSA) is 43.4 Å². The van der Waals surface area contributed by atoms with E-state index in [0.29, 0.717) is 12.0 Å². The average Bonchev–Trinajstić information content (AvgIpc) is 2.29. The Hall–Kier alpha value is -1.29. The van der Waals surface area contributed by atoms with Gasteiger partial charge in [-0.2, -0.15) is 0 Å². The third-order valence-corrected chi connectivity index (χ3v) is 4.23. The second-order valence-electron chi connectivity index (χ2n) is 4.16. The van der Waals surface area contributed by atoms with Gasteiger partial charge in [0, 0.05) is 22.1 Å². The number of carbonyl (C=O) groups excluding carboxylic acids is 2. The Morgan fingerprint density at radius 2 is 2.18 bits per heavy atom.